The first-order chi connectivity index (χ1) is 7.26. The molecule has 0 saturated carbocycles. The average Bonchev–Trinajstić information content (AvgIpc) is 2.75. The van der Waals surface area contributed by atoms with Crippen molar-refractivity contribution in [3.63, 3.8) is 0 Å². The lowest BCUT2D eigenvalue weighted by Crippen LogP contribution is -2.34. The predicted octanol–water partition coefficient (Wildman–Crippen LogP) is 1.93. The van der Waals surface area contributed by atoms with Gasteiger partial charge < -0.3 is 5.32 Å². The van der Waals surface area contributed by atoms with E-state index < -0.39 is 0 Å². The van der Waals surface area contributed by atoms with E-state index in [2.05, 4.69) is 29.4 Å². The van der Waals surface area contributed by atoms with Gasteiger partial charge in [0, 0.05) is 6.04 Å². The second-order valence-electron chi connectivity index (χ2n) is 3.07. The predicted molar refractivity (Wildman–Crippen MR) is 63.1 cm³/mol. The van der Waals surface area contributed by atoms with Crippen molar-refractivity contribution >= 4 is 29.0 Å². The van der Waals surface area contributed by atoms with Crippen LogP contribution in [-0.2, 0) is 4.79 Å². The molecule has 0 aromatic carbocycles. The lowest BCUT2D eigenvalue weighted by Gasteiger charge is -2.13. The summed E-state index contributed by atoms with van der Waals surface area (Å²) in [5.41, 5.74) is 1.67. The summed E-state index contributed by atoms with van der Waals surface area (Å²) in [6.45, 7) is 4.15. The van der Waals surface area contributed by atoms with Gasteiger partial charge in [0.25, 0.3) is 0 Å². The van der Waals surface area contributed by atoms with E-state index in [1.54, 1.807) is 5.51 Å². The monoisotopic (exact) mass is 245 g/mol. The Bertz CT molecular complexity index is 286. The van der Waals surface area contributed by atoms with E-state index in [4.69, 9.17) is 0 Å². The van der Waals surface area contributed by atoms with Gasteiger partial charge in [0.05, 0.1) is 5.75 Å². The molecule has 0 saturated heterocycles. The van der Waals surface area contributed by atoms with Gasteiger partial charge in [0.2, 0.25) is 5.91 Å². The number of hydrogen-bond acceptors (Lipinski definition) is 5. The SMILES string of the molecule is CCC(CC)NC(=O)CSc1nncs1. The fourth-order valence-electron chi connectivity index (χ4n) is 1.12. The molecule has 15 heavy (non-hydrogen) atoms. The number of nitrogens with one attached hydrogen (secondary N) is 1. The molecule has 84 valence electrons. The van der Waals surface area contributed by atoms with Crippen molar-refractivity contribution in [1.29, 1.82) is 0 Å². The van der Waals surface area contributed by atoms with E-state index in [-0.39, 0.29) is 5.91 Å². The Labute approximate surface area is 97.9 Å². The molecule has 0 spiro atoms. The van der Waals surface area contributed by atoms with Crippen LogP contribution in [0.25, 0.3) is 0 Å². The highest BCUT2D eigenvalue weighted by Gasteiger charge is 2.09. The van der Waals surface area contributed by atoms with Crippen LogP contribution in [-0.4, -0.2) is 27.9 Å². The van der Waals surface area contributed by atoms with E-state index in [0.717, 1.165) is 17.2 Å². The van der Waals surface area contributed by atoms with Crippen molar-refractivity contribution in [1.82, 2.24) is 15.5 Å². The molecule has 1 amide bonds. The fraction of sp³-hybridized carbons (Fsp3) is 0.667. The Hall–Kier alpha value is -0.620. The Morgan fingerprint density at radius 2 is 2.33 bits per heavy atom. The number of amides is 1. The second-order valence-corrected chi connectivity index (χ2v) is 5.13. The minimum Gasteiger partial charge on any atom is -0.353 e. The molecule has 0 aliphatic rings. The normalized spacial score (nSPS) is 10.6. The van der Waals surface area contributed by atoms with Gasteiger partial charge in [-0.1, -0.05) is 36.9 Å². The van der Waals surface area contributed by atoms with Crippen molar-refractivity contribution < 1.29 is 4.79 Å². The van der Waals surface area contributed by atoms with Gasteiger partial charge in [0.1, 0.15) is 5.51 Å². The molecule has 1 aromatic heterocycles. The third kappa shape index (κ3) is 4.61. The summed E-state index contributed by atoms with van der Waals surface area (Å²) in [5, 5.41) is 10.5. The number of thioether (sulfide) groups is 1. The zero-order chi connectivity index (χ0) is 11.1. The Kier molecular flexibility index (Phi) is 5.63. The average molecular weight is 245 g/mol. The summed E-state index contributed by atoms with van der Waals surface area (Å²) in [6, 6.07) is 0.299. The van der Waals surface area contributed by atoms with Crippen LogP contribution in [0.3, 0.4) is 0 Å². The molecule has 0 bridgehead atoms. The Morgan fingerprint density at radius 3 is 2.87 bits per heavy atom. The molecule has 1 heterocycles. The van der Waals surface area contributed by atoms with Crippen LogP contribution in [0.4, 0.5) is 0 Å². The molecular weight excluding hydrogens is 230 g/mol. The third-order valence-electron chi connectivity index (χ3n) is 2.02. The molecule has 1 N–H and O–H groups in total. The van der Waals surface area contributed by atoms with Gasteiger partial charge in [-0.15, -0.1) is 10.2 Å². The van der Waals surface area contributed by atoms with E-state index in [9.17, 15) is 4.79 Å². The fourth-order valence-corrected chi connectivity index (χ4v) is 2.41. The maximum atomic E-state index is 11.5. The molecule has 1 rings (SSSR count). The van der Waals surface area contributed by atoms with Gasteiger partial charge in [-0.3, -0.25) is 4.79 Å². The highest BCUT2D eigenvalue weighted by atomic mass is 32.2. The maximum absolute atomic E-state index is 11.5. The molecule has 6 heteroatoms. The van der Waals surface area contributed by atoms with Gasteiger partial charge >= 0.3 is 0 Å². The summed E-state index contributed by atoms with van der Waals surface area (Å²) in [6.07, 6.45) is 1.96. The minimum absolute atomic E-state index is 0.0731. The lowest BCUT2D eigenvalue weighted by molar-refractivity contribution is -0.119. The first-order valence-electron chi connectivity index (χ1n) is 4.94. The number of rotatable bonds is 6. The van der Waals surface area contributed by atoms with Crippen LogP contribution in [0, 0.1) is 0 Å². The number of nitrogens with zero attached hydrogens (tertiary/aromatic N) is 2. The molecule has 0 unspecified atom stereocenters. The second kappa shape index (κ2) is 6.79. The summed E-state index contributed by atoms with van der Waals surface area (Å²) in [4.78, 5) is 11.5. The summed E-state index contributed by atoms with van der Waals surface area (Å²) in [5.74, 6) is 0.495. The molecule has 0 fully saturated rings. The number of carbonyl (C=O) groups excluding carboxylic acids is 1. The quantitative estimate of drug-likeness (QED) is 0.778. The number of carbonyl (C=O) groups is 1. The summed E-state index contributed by atoms with van der Waals surface area (Å²) >= 11 is 2.89. The smallest absolute Gasteiger partial charge is 0.230 e. The van der Waals surface area contributed by atoms with Crippen LogP contribution >= 0.6 is 23.1 Å². The largest absolute Gasteiger partial charge is 0.353 e. The van der Waals surface area contributed by atoms with Crippen LogP contribution in [0.5, 0.6) is 0 Å². The topological polar surface area (TPSA) is 54.9 Å². The van der Waals surface area contributed by atoms with Crippen molar-refractivity contribution in [2.24, 2.45) is 0 Å². The summed E-state index contributed by atoms with van der Waals surface area (Å²) < 4.78 is 0.842. The molecular formula is C9H15N3OS2. The van der Waals surface area contributed by atoms with E-state index in [1.807, 2.05) is 0 Å². The zero-order valence-electron chi connectivity index (χ0n) is 8.90. The van der Waals surface area contributed by atoms with Crippen LogP contribution in [0.2, 0.25) is 0 Å². The molecule has 0 aliphatic heterocycles. The lowest BCUT2D eigenvalue weighted by atomic mass is 10.2. The zero-order valence-corrected chi connectivity index (χ0v) is 10.5. The molecule has 0 aliphatic carbocycles. The van der Waals surface area contributed by atoms with E-state index in [0.29, 0.717) is 11.8 Å². The van der Waals surface area contributed by atoms with Crippen LogP contribution in [0.1, 0.15) is 26.7 Å². The third-order valence-corrected chi connectivity index (χ3v) is 3.88. The van der Waals surface area contributed by atoms with Gasteiger partial charge in [-0.05, 0) is 12.8 Å². The highest BCUT2D eigenvalue weighted by Crippen LogP contribution is 2.18. The van der Waals surface area contributed by atoms with Crippen molar-refractivity contribution in [3.05, 3.63) is 5.51 Å². The van der Waals surface area contributed by atoms with Gasteiger partial charge in [-0.2, -0.15) is 0 Å². The van der Waals surface area contributed by atoms with Crippen LogP contribution in [0.15, 0.2) is 9.85 Å². The van der Waals surface area contributed by atoms with E-state index in [1.165, 1.54) is 23.1 Å². The van der Waals surface area contributed by atoms with Gasteiger partial charge in [-0.25, -0.2) is 0 Å². The standard InChI is InChI=1S/C9H15N3OS2/c1-3-7(4-2)11-8(13)5-14-9-12-10-6-15-9/h6-7H,3-5H2,1-2H3,(H,11,13). The number of aromatic nitrogens is 2. The van der Waals surface area contributed by atoms with Crippen molar-refractivity contribution in [3.8, 4) is 0 Å². The van der Waals surface area contributed by atoms with Crippen molar-refractivity contribution in [2.45, 2.75) is 37.1 Å². The minimum atomic E-state index is 0.0731. The first-order valence-corrected chi connectivity index (χ1v) is 6.81. The van der Waals surface area contributed by atoms with Gasteiger partial charge in [0.15, 0.2) is 4.34 Å². The van der Waals surface area contributed by atoms with Crippen molar-refractivity contribution in [2.75, 3.05) is 5.75 Å². The molecule has 0 radical (unpaired) electrons. The molecule has 1 aromatic rings. The first kappa shape index (κ1) is 12.4. The molecule has 4 nitrogen and oxygen atoms in total. The molecule has 0 atom stereocenters. The van der Waals surface area contributed by atoms with Crippen LogP contribution < -0.4 is 5.32 Å². The highest BCUT2D eigenvalue weighted by molar-refractivity contribution is 8.01. The Morgan fingerprint density at radius 1 is 1.60 bits per heavy atom. The Balaban J connectivity index is 2.24. The maximum Gasteiger partial charge on any atom is 0.230 e. The van der Waals surface area contributed by atoms with E-state index >= 15 is 0 Å². The summed E-state index contributed by atoms with van der Waals surface area (Å²) in [7, 11) is 0. The number of hydrogen-bond donors (Lipinski definition) is 1.